The Morgan fingerprint density at radius 3 is 2.62 bits per heavy atom. The van der Waals surface area contributed by atoms with Crippen molar-refractivity contribution in [3.05, 3.63) is 24.0 Å². The summed E-state index contributed by atoms with van der Waals surface area (Å²) in [6.45, 7) is 1.71. The van der Waals surface area contributed by atoms with Gasteiger partial charge < -0.3 is 10.4 Å². The fraction of sp³-hybridized carbons (Fsp3) is 0.500. The summed E-state index contributed by atoms with van der Waals surface area (Å²) in [5.74, 6) is 0.0343. The first-order valence-electron chi connectivity index (χ1n) is 4.81. The molecular formula is C10H13F3N2O. The normalized spacial score (nSPS) is 13.8. The molecule has 0 aromatic carbocycles. The predicted octanol–water partition coefficient (Wildman–Crippen LogP) is 2.22. The van der Waals surface area contributed by atoms with Gasteiger partial charge >= 0.3 is 6.18 Å². The largest absolute Gasteiger partial charge is 0.506 e. The van der Waals surface area contributed by atoms with E-state index >= 15 is 0 Å². The van der Waals surface area contributed by atoms with Crippen molar-refractivity contribution in [2.45, 2.75) is 32.1 Å². The van der Waals surface area contributed by atoms with Crippen LogP contribution in [0, 0.1) is 0 Å². The van der Waals surface area contributed by atoms with E-state index in [4.69, 9.17) is 5.11 Å². The summed E-state index contributed by atoms with van der Waals surface area (Å²) in [4.78, 5) is 3.85. The molecule has 0 aliphatic rings. The summed E-state index contributed by atoms with van der Waals surface area (Å²) in [6, 6.07) is 2.34. The quantitative estimate of drug-likeness (QED) is 0.839. The van der Waals surface area contributed by atoms with Crippen molar-refractivity contribution in [2.75, 3.05) is 0 Å². The summed E-state index contributed by atoms with van der Waals surface area (Å²) >= 11 is 0. The van der Waals surface area contributed by atoms with Gasteiger partial charge in [0.05, 0.1) is 18.3 Å². The van der Waals surface area contributed by atoms with Crippen LogP contribution in [0.5, 0.6) is 5.75 Å². The van der Waals surface area contributed by atoms with Gasteiger partial charge in [-0.15, -0.1) is 0 Å². The average Bonchev–Trinajstić information content (AvgIpc) is 2.14. The molecule has 6 heteroatoms. The van der Waals surface area contributed by atoms with E-state index in [1.54, 1.807) is 6.07 Å². The number of aromatic nitrogens is 1. The third-order valence-electron chi connectivity index (χ3n) is 1.98. The van der Waals surface area contributed by atoms with E-state index in [-0.39, 0.29) is 12.3 Å². The van der Waals surface area contributed by atoms with Crippen LogP contribution in [0.2, 0.25) is 0 Å². The van der Waals surface area contributed by atoms with Crippen LogP contribution >= 0.6 is 0 Å². The molecule has 0 radical (unpaired) electrons. The summed E-state index contributed by atoms with van der Waals surface area (Å²) in [6.07, 6.45) is -3.77. The highest BCUT2D eigenvalue weighted by Gasteiger charge is 2.29. The van der Waals surface area contributed by atoms with Crippen LogP contribution in [0.1, 0.15) is 19.0 Å². The van der Waals surface area contributed by atoms with Gasteiger partial charge in [0.15, 0.2) is 0 Å². The minimum absolute atomic E-state index is 0.0343. The van der Waals surface area contributed by atoms with Crippen LogP contribution in [0.4, 0.5) is 13.2 Å². The van der Waals surface area contributed by atoms with E-state index in [0.717, 1.165) is 0 Å². The third-order valence-corrected chi connectivity index (χ3v) is 1.98. The fourth-order valence-electron chi connectivity index (χ4n) is 1.22. The third kappa shape index (κ3) is 4.97. The molecule has 1 rings (SSSR count). The molecule has 16 heavy (non-hydrogen) atoms. The highest BCUT2D eigenvalue weighted by molar-refractivity contribution is 5.17. The maximum Gasteiger partial charge on any atom is 0.390 e. The first-order chi connectivity index (χ1) is 7.37. The lowest BCUT2D eigenvalue weighted by Gasteiger charge is -2.15. The summed E-state index contributed by atoms with van der Waals surface area (Å²) in [7, 11) is 0. The van der Waals surface area contributed by atoms with Crippen LogP contribution in [-0.2, 0) is 6.54 Å². The van der Waals surface area contributed by atoms with Gasteiger partial charge in [-0.1, -0.05) is 0 Å². The van der Waals surface area contributed by atoms with Crippen LogP contribution < -0.4 is 5.32 Å². The second kappa shape index (κ2) is 5.16. The number of pyridine rings is 1. The van der Waals surface area contributed by atoms with E-state index in [0.29, 0.717) is 5.69 Å². The van der Waals surface area contributed by atoms with Crippen LogP contribution in [-0.4, -0.2) is 22.3 Å². The van der Waals surface area contributed by atoms with Crippen molar-refractivity contribution >= 4 is 0 Å². The van der Waals surface area contributed by atoms with Gasteiger partial charge in [0.2, 0.25) is 0 Å². The lowest BCUT2D eigenvalue weighted by atomic mass is 10.2. The van der Waals surface area contributed by atoms with Crippen LogP contribution in [0.15, 0.2) is 18.3 Å². The monoisotopic (exact) mass is 234 g/mol. The Bertz CT molecular complexity index is 324. The minimum atomic E-state index is -4.16. The molecule has 90 valence electrons. The van der Waals surface area contributed by atoms with E-state index in [1.165, 1.54) is 19.2 Å². The van der Waals surface area contributed by atoms with E-state index in [9.17, 15) is 13.2 Å². The molecule has 1 atom stereocenters. The molecule has 0 saturated carbocycles. The number of hydrogen-bond donors (Lipinski definition) is 2. The highest BCUT2D eigenvalue weighted by Crippen LogP contribution is 2.21. The number of aromatic hydroxyl groups is 1. The van der Waals surface area contributed by atoms with E-state index in [2.05, 4.69) is 10.3 Å². The van der Waals surface area contributed by atoms with Gasteiger partial charge in [-0.25, -0.2) is 0 Å². The predicted molar refractivity (Wildman–Crippen MR) is 52.9 cm³/mol. The molecular weight excluding hydrogens is 221 g/mol. The van der Waals surface area contributed by atoms with Gasteiger partial charge in [-0.05, 0) is 19.1 Å². The molecule has 1 aromatic heterocycles. The van der Waals surface area contributed by atoms with Crippen molar-refractivity contribution in [3.63, 3.8) is 0 Å². The lowest BCUT2D eigenvalue weighted by Crippen LogP contribution is -2.30. The second-order valence-corrected chi connectivity index (χ2v) is 3.61. The van der Waals surface area contributed by atoms with Gasteiger partial charge in [-0.2, -0.15) is 13.2 Å². The number of nitrogens with zero attached hydrogens (tertiary/aromatic N) is 1. The van der Waals surface area contributed by atoms with Gasteiger partial charge in [-0.3, -0.25) is 4.98 Å². The number of rotatable bonds is 4. The first kappa shape index (κ1) is 12.8. The number of nitrogens with one attached hydrogen (secondary N) is 1. The van der Waals surface area contributed by atoms with Gasteiger partial charge in [0.1, 0.15) is 5.75 Å². The fourth-order valence-corrected chi connectivity index (χ4v) is 1.22. The molecule has 2 N–H and O–H groups in total. The Kier molecular flexibility index (Phi) is 4.12. The Morgan fingerprint density at radius 2 is 2.12 bits per heavy atom. The van der Waals surface area contributed by atoms with Crippen LogP contribution in [0.25, 0.3) is 0 Å². The zero-order chi connectivity index (χ0) is 12.2. The van der Waals surface area contributed by atoms with Crippen molar-refractivity contribution in [2.24, 2.45) is 0 Å². The molecule has 0 spiro atoms. The lowest BCUT2D eigenvalue weighted by molar-refractivity contribution is -0.139. The van der Waals surface area contributed by atoms with Crippen molar-refractivity contribution in [3.8, 4) is 5.75 Å². The maximum absolute atomic E-state index is 12.0. The number of halogens is 3. The summed E-state index contributed by atoms with van der Waals surface area (Å²) < 4.78 is 36.0. The summed E-state index contributed by atoms with van der Waals surface area (Å²) in [5.41, 5.74) is 0.590. The smallest absolute Gasteiger partial charge is 0.390 e. The zero-order valence-corrected chi connectivity index (χ0v) is 8.75. The van der Waals surface area contributed by atoms with Crippen LogP contribution in [0.3, 0.4) is 0 Å². The average molecular weight is 234 g/mol. The zero-order valence-electron chi connectivity index (χ0n) is 8.75. The van der Waals surface area contributed by atoms with Crippen molar-refractivity contribution in [1.29, 1.82) is 0 Å². The highest BCUT2D eigenvalue weighted by atomic mass is 19.4. The van der Waals surface area contributed by atoms with Crippen molar-refractivity contribution < 1.29 is 18.3 Å². The molecule has 0 bridgehead atoms. The molecule has 0 fully saturated rings. The van der Waals surface area contributed by atoms with Gasteiger partial charge in [0.25, 0.3) is 0 Å². The Labute approximate surface area is 91.3 Å². The topological polar surface area (TPSA) is 45.1 Å². The second-order valence-electron chi connectivity index (χ2n) is 3.61. The van der Waals surface area contributed by atoms with E-state index < -0.39 is 18.6 Å². The molecule has 0 aliphatic heterocycles. The molecule has 0 amide bonds. The minimum Gasteiger partial charge on any atom is -0.506 e. The summed E-state index contributed by atoms with van der Waals surface area (Å²) in [5, 5.41) is 11.7. The Hall–Kier alpha value is -1.30. The Morgan fingerprint density at radius 1 is 1.44 bits per heavy atom. The molecule has 1 unspecified atom stereocenters. The maximum atomic E-state index is 12.0. The Balaban J connectivity index is 2.37. The number of alkyl halides is 3. The molecule has 1 heterocycles. The van der Waals surface area contributed by atoms with Gasteiger partial charge in [0, 0.05) is 12.6 Å². The molecule has 1 aromatic rings. The standard InChI is InChI=1S/C10H13F3N2O/c1-7(4-10(11,12)13)14-5-8-2-3-9(16)6-15-8/h2-3,6-7,14,16H,4-5H2,1H3. The first-order valence-corrected chi connectivity index (χ1v) is 4.81. The number of hydrogen-bond acceptors (Lipinski definition) is 3. The van der Waals surface area contributed by atoms with Crippen molar-refractivity contribution in [1.82, 2.24) is 10.3 Å². The van der Waals surface area contributed by atoms with E-state index in [1.807, 2.05) is 0 Å². The molecule has 0 aliphatic carbocycles. The molecule has 3 nitrogen and oxygen atoms in total. The molecule has 0 saturated heterocycles. The SMILES string of the molecule is CC(CC(F)(F)F)NCc1ccc(O)cn1.